The van der Waals surface area contributed by atoms with E-state index in [9.17, 15) is 0 Å². The Morgan fingerprint density at radius 3 is 3.06 bits per heavy atom. The number of nitrogens with two attached hydrogens (primary N) is 1. The van der Waals surface area contributed by atoms with Crippen molar-refractivity contribution < 1.29 is 4.74 Å². The van der Waals surface area contributed by atoms with Gasteiger partial charge in [-0.1, -0.05) is 18.2 Å². The highest BCUT2D eigenvalue weighted by Gasteiger charge is 2.22. The molecule has 18 heavy (non-hydrogen) atoms. The van der Waals surface area contributed by atoms with Crippen LogP contribution in [0.1, 0.15) is 24.8 Å². The monoisotopic (exact) mass is 261 g/mol. The Hall–Kier alpha value is -0.900. The molecule has 3 heteroatoms. The fourth-order valence-corrected chi connectivity index (χ4v) is 3.66. The van der Waals surface area contributed by atoms with E-state index in [1.165, 1.54) is 28.5 Å². The van der Waals surface area contributed by atoms with Crippen LogP contribution in [0.2, 0.25) is 0 Å². The van der Waals surface area contributed by atoms with E-state index in [1.807, 2.05) is 0 Å². The fourth-order valence-electron chi connectivity index (χ4n) is 2.68. The summed E-state index contributed by atoms with van der Waals surface area (Å²) in [5.74, 6) is 0. The van der Waals surface area contributed by atoms with Gasteiger partial charge in [0.2, 0.25) is 0 Å². The van der Waals surface area contributed by atoms with Gasteiger partial charge in [-0.3, -0.25) is 0 Å². The molecule has 2 heterocycles. The lowest BCUT2D eigenvalue weighted by atomic mass is 9.96. The zero-order valence-corrected chi connectivity index (χ0v) is 11.3. The third-order valence-electron chi connectivity index (χ3n) is 3.71. The summed E-state index contributed by atoms with van der Waals surface area (Å²) in [6.07, 6.45) is 4.73. The van der Waals surface area contributed by atoms with E-state index in [4.69, 9.17) is 10.5 Å². The lowest BCUT2D eigenvalue weighted by Gasteiger charge is -2.27. The first kappa shape index (κ1) is 12.2. The summed E-state index contributed by atoms with van der Waals surface area (Å²) in [5.41, 5.74) is 7.68. The van der Waals surface area contributed by atoms with Gasteiger partial charge in [-0.25, -0.2) is 0 Å². The molecule has 0 aliphatic carbocycles. The standard InChI is InChI=1S/C15H19NOS/c16-13(14-6-3-4-8-17-14)9-11-10-18-15-7-2-1-5-12(11)15/h1-2,5,7,10,13-14H,3-4,6,8-9,16H2. The van der Waals surface area contributed by atoms with Crippen molar-refractivity contribution >= 4 is 21.4 Å². The van der Waals surface area contributed by atoms with E-state index in [1.54, 1.807) is 11.3 Å². The molecule has 2 unspecified atom stereocenters. The van der Waals surface area contributed by atoms with Gasteiger partial charge in [-0.2, -0.15) is 0 Å². The van der Waals surface area contributed by atoms with E-state index in [0.29, 0.717) is 0 Å². The molecule has 2 atom stereocenters. The second-order valence-corrected chi connectivity index (χ2v) is 5.94. The molecular weight excluding hydrogens is 242 g/mol. The zero-order chi connectivity index (χ0) is 12.4. The second kappa shape index (κ2) is 5.39. The first-order chi connectivity index (χ1) is 8.84. The summed E-state index contributed by atoms with van der Waals surface area (Å²) in [5, 5.41) is 3.60. The number of rotatable bonds is 3. The lowest BCUT2D eigenvalue weighted by Crippen LogP contribution is -2.40. The third-order valence-corrected chi connectivity index (χ3v) is 4.72. The van der Waals surface area contributed by atoms with E-state index in [-0.39, 0.29) is 12.1 Å². The van der Waals surface area contributed by atoms with Crippen molar-refractivity contribution in [1.29, 1.82) is 0 Å². The highest BCUT2D eigenvalue weighted by atomic mass is 32.1. The van der Waals surface area contributed by atoms with Crippen molar-refractivity contribution in [2.45, 2.75) is 37.8 Å². The fraction of sp³-hybridized carbons (Fsp3) is 0.467. The molecule has 1 aliphatic rings. The Labute approximate surface area is 112 Å². The van der Waals surface area contributed by atoms with Gasteiger partial charge in [0, 0.05) is 17.3 Å². The summed E-state index contributed by atoms with van der Waals surface area (Å²) in [4.78, 5) is 0. The maximum atomic E-state index is 6.31. The average molecular weight is 261 g/mol. The minimum atomic E-state index is 0.128. The molecule has 2 aromatic rings. The number of benzene rings is 1. The van der Waals surface area contributed by atoms with Crippen molar-refractivity contribution in [3.63, 3.8) is 0 Å². The highest BCUT2D eigenvalue weighted by molar-refractivity contribution is 7.17. The van der Waals surface area contributed by atoms with Gasteiger partial charge in [0.15, 0.2) is 0 Å². The first-order valence-corrected chi connectivity index (χ1v) is 7.55. The van der Waals surface area contributed by atoms with E-state index < -0.39 is 0 Å². The average Bonchev–Trinajstić information content (AvgIpc) is 2.83. The van der Waals surface area contributed by atoms with Crippen molar-refractivity contribution in [2.24, 2.45) is 5.73 Å². The number of hydrogen-bond donors (Lipinski definition) is 1. The normalized spacial score (nSPS) is 22.2. The second-order valence-electron chi connectivity index (χ2n) is 5.03. The van der Waals surface area contributed by atoms with Gasteiger partial charge in [0.05, 0.1) is 6.10 Å². The Balaban J connectivity index is 1.75. The molecule has 2 N–H and O–H groups in total. The van der Waals surface area contributed by atoms with Crippen LogP contribution in [0.4, 0.5) is 0 Å². The smallest absolute Gasteiger partial charge is 0.0729 e. The first-order valence-electron chi connectivity index (χ1n) is 6.67. The van der Waals surface area contributed by atoms with Crippen molar-refractivity contribution in [3.8, 4) is 0 Å². The summed E-state index contributed by atoms with van der Waals surface area (Å²) >= 11 is 1.81. The van der Waals surface area contributed by atoms with Gasteiger partial charge >= 0.3 is 0 Å². The van der Waals surface area contributed by atoms with Crippen LogP contribution in [0.15, 0.2) is 29.6 Å². The van der Waals surface area contributed by atoms with Crippen LogP contribution in [0.25, 0.3) is 10.1 Å². The highest BCUT2D eigenvalue weighted by Crippen LogP contribution is 2.27. The number of thiophene rings is 1. The molecule has 1 aromatic heterocycles. The van der Waals surface area contributed by atoms with Gasteiger partial charge in [-0.05, 0) is 48.1 Å². The third kappa shape index (κ3) is 2.44. The minimum Gasteiger partial charge on any atom is -0.377 e. The van der Waals surface area contributed by atoms with Crippen molar-refractivity contribution in [2.75, 3.05) is 6.61 Å². The van der Waals surface area contributed by atoms with Crippen molar-refractivity contribution in [3.05, 3.63) is 35.2 Å². The minimum absolute atomic E-state index is 0.128. The molecule has 2 nitrogen and oxygen atoms in total. The topological polar surface area (TPSA) is 35.2 Å². The van der Waals surface area contributed by atoms with Crippen LogP contribution >= 0.6 is 11.3 Å². The quantitative estimate of drug-likeness (QED) is 0.919. The Morgan fingerprint density at radius 1 is 1.33 bits per heavy atom. The Morgan fingerprint density at radius 2 is 2.22 bits per heavy atom. The number of fused-ring (bicyclic) bond motifs is 1. The molecule has 0 amide bonds. The van der Waals surface area contributed by atoms with Gasteiger partial charge < -0.3 is 10.5 Å². The summed E-state index contributed by atoms with van der Waals surface area (Å²) < 4.78 is 7.13. The predicted octanol–water partition coefficient (Wildman–Crippen LogP) is 3.34. The Bertz CT molecular complexity index is 516. The molecule has 0 saturated carbocycles. The summed E-state index contributed by atoms with van der Waals surface area (Å²) in [6, 6.07) is 8.68. The van der Waals surface area contributed by atoms with Gasteiger partial charge in [-0.15, -0.1) is 11.3 Å². The predicted molar refractivity (Wildman–Crippen MR) is 77.1 cm³/mol. The molecule has 3 rings (SSSR count). The maximum Gasteiger partial charge on any atom is 0.0729 e. The van der Waals surface area contributed by atoms with Crippen LogP contribution in [0, 0.1) is 0 Å². The molecular formula is C15H19NOS. The Kier molecular flexibility index (Phi) is 3.64. The zero-order valence-electron chi connectivity index (χ0n) is 10.5. The molecule has 96 valence electrons. The van der Waals surface area contributed by atoms with Crippen LogP contribution < -0.4 is 5.73 Å². The SMILES string of the molecule is NC(Cc1csc2ccccc12)C1CCCCO1. The van der Waals surface area contributed by atoms with Crippen LogP contribution in [-0.2, 0) is 11.2 Å². The van der Waals surface area contributed by atoms with E-state index in [2.05, 4.69) is 29.6 Å². The summed E-state index contributed by atoms with van der Waals surface area (Å²) in [7, 11) is 0. The lowest BCUT2D eigenvalue weighted by molar-refractivity contribution is 0.000705. The largest absolute Gasteiger partial charge is 0.377 e. The van der Waals surface area contributed by atoms with Gasteiger partial charge in [0.25, 0.3) is 0 Å². The van der Waals surface area contributed by atoms with E-state index in [0.717, 1.165) is 19.4 Å². The van der Waals surface area contributed by atoms with Crippen LogP contribution in [0.3, 0.4) is 0 Å². The molecule has 1 fully saturated rings. The number of hydrogen-bond acceptors (Lipinski definition) is 3. The van der Waals surface area contributed by atoms with Crippen molar-refractivity contribution in [1.82, 2.24) is 0 Å². The van der Waals surface area contributed by atoms with Gasteiger partial charge in [0.1, 0.15) is 0 Å². The van der Waals surface area contributed by atoms with Crippen LogP contribution in [-0.4, -0.2) is 18.8 Å². The maximum absolute atomic E-state index is 6.31. The molecule has 1 saturated heterocycles. The molecule has 0 spiro atoms. The number of ether oxygens (including phenoxy) is 1. The van der Waals surface area contributed by atoms with E-state index >= 15 is 0 Å². The molecule has 0 bridgehead atoms. The molecule has 1 aromatic carbocycles. The summed E-state index contributed by atoms with van der Waals surface area (Å²) in [6.45, 7) is 0.878. The molecule has 1 aliphatic heterocycles. The van der Waals surface area contributed by atoms with Crippen LogP contribution in [0.5, 0.6) is 0 Å². The molecule has 0 radical (unpaired) electrons.